The lowest BCUT2D eigenvalue weighted by atomic mass is 9.96. The maximum Gasteiger partial charge on any atom is 0.161 e. The fourth-order valence-electron chi connectivity index (χ4n) is 5.01. The average Bonchev–Trinajstić information content (AvgIpc) is 3.26. The van der Waals surface area contributed by atoms with E-state index in [4.69, 9.17) is 14.2 Å². The van der Waals surface area contributed by atoms with Gasteiger partial charge in [-0.15, -0.1) is 0 Å². The minimum Gasteiger partial charge on any atom is -0.493 e. The monoisotopic (exact) mass is 507 g/mol. The van der Waals surface area contributed by atoms with Crippen molar-refractivity contribution in [2.24, 2.45) is 0 Å². The summed E-state index contributed by atoms with van der Waals surface area (Å²) in [5.74, 6) is 3.40. The molecule has 0 bridgehead atoms. The van der Waals surface area contributed by atoms with Crippen LogP contribution in [0.4, 0.5) is 0 Å². The molecular formula is C30H41N3O4. The molecule has 1 aliphatic heterocycles. The number of imidazole rings is 1. The van der Waals surface area contributed by atoms with E-state index in [1.54, 1.807) is 7.11 Å². The molecule has 7 nitrogen and oxygen atoms in total. The van der Waals surface area contributed by atoms with Gasteiger partial charge in [-0.05, 0) is 69.0 Å². The normalized spacial score (nSPS) is 18.4. The van der Waals surface area contributed by atoms with Crippen LogP contribution in [0.1, 0.15) is 48.7 Å². The molecule has 7 heteroatoms. The Bertz CT molecular complexity index is 1160. The summed E-state index contributed by atoms with van der Waals surface area (Å²) < 4.78 is 19.9. The molecule has 1 aromatic heterocycles. The molecule has 1 atom stereocenters. The molecular weight excluding hydrogens is 466 g/mol. The Balaban J connectivity index is 1.32. The maximum absolute atomic E-state index is 11.3. The van der Waals surface area contributed by atoms with Gasteiger partial charge < -0.3 is 23.9 Å². The van der Waals surface area contributed by atoms with Crippen LogP contribution in [0.25, 0.3) is 0 Å². The van der Waals surface area contributed by atoms with E-state index in [9.17, 15) is 5.11 Å². The first-order valence-corrected chi connectivity index (χ1v) is 13.3. The standard InChI is InChI=1S/C30H41N3O4/c1-5-29-31-13-16-33(29)17-18-36-28-20-25(8-10-27(28)35-4)21-32-14-6-11-30(34,12-15-32)22-37-26-9-7-23(2)19-24(26)3/h7-10,13,16,19-20,34H,5-6,11-12,14-15,17-18,21-22H2,1-4H3. The van der Waals surface area contributed by atoms with Crippen LogP contribution in [0.2, 0.25) is 0 Å². The van der Waals surface area contributed by atoms with E-state index < -0.39 is 5.60 Å². The summed E-state index contributed by atoms with van der Waals surface area (Å²) in [6, 6.07) is 12.3. The molecule has 37 heavy (non-hydrogen) atoms. The lowest BCUT2D eigenvalue weighted by Gasteiger charge is -2.27. The van der Waals surface area contributed by atoms with Gasteiger partial charge in [0, 0.05) is 31.9 Å². The Morgan fingerprint density at radius 2 is 1.84 bits per heavy atom. The molecule has 2 heterocycles. The van der Waals surface area contributed by atoms with Gasteiger partial charge in [-0.1, -0.05) is 30.7 Å². The van der Waals surface area contributed by atoms with Crippen LogP contribution in [0.3, 0.4) is 0 Å². The van der Waals surface area contributed by atoms with Gasteiger partial charge in [0.25, 0.3) is 0 Å². The number of rotatable bonds is 11. The number of ether oxygens (including phenoxy) is 3. The minimum absolute atomic E-state index is 0.321. The second-order valence-electron chi connectivity index (χ2n) is 10.1. The molecule has 3 aromatic rings. The highest BCUT2D eigenvalue weighted by molar-refractivity contribution is 5.43. The summed E-state index contributed by atoms with van der Waals surface area (Å²) in [7, 11) is 1.67. The zero-order valence-electron chi connectivity index (χ0n) is 22.7. The average molecular weight is 508 g/mol. The van der Waals surface area contributed by atoms with Gasteiger partial charge in [-0.3, -0.25) is 4.90 Å². The lowest BCUT2D eigenvalue weighted by molar-refractivity contribution is -0.0170. The fourth-order valence-corrected chi connectivity index (χ4v) is 5.01. The largest absolute Gasteiger partial charge is 0.493 e. The summed E-state index contributed by atoms with van der Waals surface area (Å²) in [5.41, 5.74) is 2.67. The van der Waals surface area contributed by atoms with Crippen molar-refractivity contribution in [3.8, 4) is 17.2 Å². The molecule has 0 radical (unpaired) electrons. The molecule has 0 saturated carbocycles. The third-order valence-corrected chi connectivity index (χ3v) is 7.18. The van der Waals surface area contributed by atoms with Crippen molar-refractivity contribution < 1.29 is 19.3 Å². The van der Waals surface area contributed by atoms with Crippen molar-refractivity contribution in [3.63, 3.8) is 0 Å². The Labute approximate surface area is 221 Å². The van der Waals surface area contributed by atoms with E-state index >= 15 is 0 Å². The van der Waals surface area contributed by atoms with Gasteiger partial charge in [0.1, 0.15) is 24.8 Å². The van der Waals surface area contributed by atoms with Crippen LogP contribution in [0, 0.1) is 13.8 Å². The summed E-state index contributed by atoms with van der Waals surface area (Å²) in [4.78, 5) is 6.78. The maximum atomic E-state index is 11.3. The van der Waals surface area contributed by atoms with Crippen LogP contribution in [0.15, 0.2) is 48.8 Å². The smallest absolute Gasteiger partial charge is 0.161 e. The van der Waals surface area contributed by atoms with Crippen molar-refractivity contribution in [3.05, 3.63) is 71.3 Å². The van der Waals surface area contributed by atoms with Crippen LogP contribution in [0.5, 0.6) is 17.2 Å². The molecule has 4 rings (SSSR count). The Morgan fingerprint density at radius 1 is 1.00 bits per heavy atom. The summed E-state index contributed by atoms with van der Waals surface area (Å²) >= 11 is 0. The van der Waals surface area contributed by atoms with Crippen molar-refractivity contribution in [1.82, 2.24) is 14.5 Å². The number of benzene rings is 2. The predicted molar refractivity (Wildman–Crippen MR) is 146 cm³/mol. The Hall–Kier alpha value is -3.03. The van der Waals surface area contributed by atoms with Crippen molar-refractivity contribution in [2.75, 3.05) is 33.4 Å². The van der Waals surface area contributed by atoms with Crippen molar-refractivity contribution in [2.45, 2.75) is 65.1 Å². The first-order chi connectivity index (χ1) is 17.9. The van der Waals surface area contributed by atoms with E-state index in [0.717, 1.165) is 74.1 Å². The van der Waals surface area contributed by atoms with E-state index in [-0.39, 0.29) is 0 Å². The minimum atomic E-state index is -0.815. The highest BCUT2D eigenvalue weighted by Crippen LogP contribution is 2.30. The number of hydrogen-bond acceptors (Lipinski definition) is 6. The summed E-state index contributed by atoms with van der Waals surface area (Å²) in [6.07, 6.45) is 7.06. The van der Waals surface area contributed by atoms with Crippen molar-refractivity contribution >= 4 is 0 Å². The van der Waals surface area contributed by atoms with E-state index in [2.05, 4.69) is 46.5 Å². The number of aliphatic hydroxyl groups is 1. The molecule has 1 saturated heterocycles. The van der Waals surface area contributed by atoms with Crippen LogP contribution in [-0.2, 0) is 19.5 Å². The Kier molecular flexibility index (Phi) is 9.11. The van der Waals surface area contributed by atoms with Crippen molar-refractivity contribution in [1.29, 1.82) is 0 Å². The number of nitrogens with zero attached hydrogens (tertiary/aromatic N) is 3. The van der Waals surface area contributed by atoms with Gasteiger partial charge in [0.2, 0.25) is 0 Å². The first kappa shape index (κ1) is 27.0. The SMILES string of the molecule is CCc1nccn1CCOc1cc(CN2CCCC(O)(COc3ccc(C)cc3C)CC2)ccc1OC. The molecule has 1 fully saturated rings. The predicted octanol–water partition coefficient (Wildman–Crippen LogP) is 4.95. The van der Waals surface area contributed by atoms with Crippen LogP contribution < -0.4 is 14.2 Å². The number of hydrogen-bond donors (Lipinski definition) is 1. The van der Waals surface area contributed by atoms with E-state index in [1.165, 1.54) is 11.1 Å². The third-order valence-electron chi connectivity index (χ3n) is 7.18. The van der Waals surface area contributed by atoms with Crippen LogP contribution >= 0.6 is 0 Å². The molecule has 200 valence electrons. The zero-order chi connectivity index (χ0) is 26.3. The van der Waals surface area contributed by atoms with Gasteiger partial charge in [-0.25, -0.2) is 4.98 Å². The second-order valence-corrected chi connectivity index (χ2v) is 10.1. The number of likely N-dealkylation sites (tertiary alicyclic amines) is 1. The van der Waals surface area contributed by atoms with E-state index in [1.807, 2.05) is 37.5 Å². The lowest BCUT2D eigenvalue weighted by Crippen LogP contribution is -2.37. The molecule has 2 aromatic carbocycles. The van der Waals surface area contributed by atoms with Gasteiger partial charge in [-0.2, -0.15) is 0 Å². The highest BCUT2D eigenvalue weighted by atomic mass is 16.5. The molecule has 1 N–H and O–H groups in total. The quantitative estimate of drug-likeness (QED) is 0.396. The van der Waals surface area contributed by atoms with E-state index in [0.29, 0.717) is 19.6 Å². The molecule has 1 aliphatic rings. The molecule has 0 amide bonds. The van der Waals surface area contributed by atoms with Crippen LogP contribution in [-0.4, -0.2) is 58.6 Å². The number of aromatic nitrogens is 2. The molecule has 0 aliphatic carbocycles. The summed E-state index contributed by atoms with van der Waals surface area (Å²) in [5, 5.41) is 11.3. The molecule has 1 unspecified atom stereocenters. The van der Waals surface area contributed by atoms with Gasteiger partial charge in [0.15, 0.2) is 11.5 Å². The zero-order valence-corrected chi connectivity index (χ0v) is 22.7. The van der Waals surface area contributed by atoms with Gasteiger partial charge >= 0.3 is 0 Å². The number of methoxy groups -OCH3 is 1. The molecule has 0 spiro atoms. The van der Waals surface area contributed by atoms with Gasteiger partial charge in [0.05, 0.1) is 19.3 Å². The number of aryl methyl sites for hydroxylation is 3. The third kappa shape index (κ3) is 7.27. The first-order valence-electron chi connectivity index (χ1n) is 13.3. The Morgan fingerprint density at radius 3 is 2.62 bits per heavy atom. The fraction of sp³-hybridized carbons (Fsp3) is 0.500. The topological polar surface area (TPSA) is 69.0 Å². The second kappa shape index (κ2) is 12.5. The highest BCUT2D eigenvalue weighted by Gasteiger charge is 2.31. The summed E-state index contributed by atoms with van der Waals surface area (Å²) in [6.45, 7) is 10.4.